The normalized spacial score (nSPS) is 22.3. The van der Waals surface area contributed by atoms with Gasteiger partial charge in [-0.2, -0.15) is 0 Å². The zero-order chi connectivity index (χ0) is 13.5. The van der Waals surface area contributed by atoms with Gasteiger partial charge in [0.1, 0.15) is 0 Å². The van der Waals surface area contributed by atoms with E-state index in [0.29, 0.717) is 12.1 Å². The van der Waals surface area contributed by atoms with Gasteiger partial charge in [-0.3, -0.25) is 0 Å². The number of benzene rings is 1. The molecule has 1 saturated heterocycles. The molecular weight excluding hydrogens is 232 g/mol. The zero-order valence-corrected chi connectivity index (χ0v) is 12.4. The second-order valence-corrected chi connectivity index (χ2v) is 5.87. The molecule has 1 aromatic carbocycles. The minimum atomic E-state index is 0.526. The fourth-order valence-corrected chi connectivity index (χ4v) is 3.03. The largest absolute Gasteiger partial charge is 0.306 e. The van der Waals surface area contributed by atoms with Crippen LogP contribution in [0.3, 0.4) is 0 Å². The lowest BCUT2D eigenvalue weighted by molar-refractivity contribution is 0.213. The first-order valence-electron chi connectivity index (χ1n) is 7.79. The van der Waals surface area contributed by atoms with Gasteiger partial charge in [-0.15, -0.1) is 0 Å². The topological polar surface area (TPSA) is 15.3 Å². The highest BCUT2D eigenvalue weighted by molar-refractivity contribution is 5.19. The van der Waals surface area contributed by atoms with E-state index >= 15 is 0 Å². The first-order valence-corrected chi connectivity index (χ1v) is 7.79. The monoisotopic (exact) mass is 260 g/mol. The highest BCUT2D eigenvalue weighted by Crippen LogP contribution is 2.21. The fourth-order valence-electron chi connectivity index (χ4n) is 3.03. The molecule has 1 heterocycles. The summed E-state index contributed by atoms with van der Waals surface area (Å²) in [6, 6.07) is 12.1. The van der Waals surface area contributed by atoms with Gasteiger partial charge < -0.3 is 10.2 Å². The highest BCUT2D eigenvalue weighted by Gasteiger charge is 2.20. The summed E-state index contributed by atoms with van der Waals surface area (Å²) in [5.74, 6) is 0. The maximum absolute atomic E-state index is 3.90. The summed E-state index contributed by atoms with van der Waals surface area (Å²) in [7, 11) is 2.23. The quantitative estimate of drug-likeness (QED) is 0.840. The van der Waals surface area contributed by atoms with Gasteiger partial charge in [-0.1, -0.05) is 50.1 Å². The highest BCUT2D eigenvalue weighted by atomic mass is 15.1. The predicted molar refractivity (Wildman–Crippen MR) is 82.4 cm³/mol. The average molecular weight is 260 g/mol. The molecule has 2 heteroatoms. The summed E-state index contributed by atoms with van der Waals surface area (Å²) in [6.45, 7) is 4.72. The predicted octanol–water partition coefficient (Wildman–Crippen LogP) is 3.60. The molecule has 1 aliphatic rings. The fraction of sp³-hybridized carbons (Fsp3) is 0.647. The van der Waals surface area contributed by atoms with Crippen LogP contribution < -0.4 is 5.32 Å². The molecule has 0 radical (unpaired) electrons. The lowest BCUT2D eigenvalue weighted by Gasteiger charge is -2.33. The molecule has 2 rings (SSSR count). The number of rotatable bonds is 6. The Morgan fingerprint density at radius 1 is 1.32 bits per heavy atom. The number of likely N-dealkylation sites (N-methyl/N-ethyl adjacent to an activating group) is 1. The molecule has 106 valence electrons. The van der Waals surface area contributed by atoms with Crippen molar-refractivity contribution >= 4 is 0 Å². The van der Waals surface area contributed by atoms with E-state index in [1.54, 1.807) is 0 Å². The molecule has 0 aliphatic carbocycles. The van der Waals surface area contributed by atoms with Crippen LogP contribution in [0.2, 0.25) is 0 Å². The molecule has 2 nitrogen and oxygen atoms in total. The van der Waals surface area contributed by atoms with E-state index in [1.807, 2.05) is 0 Å². The van der Waals surface area contributed by atoms with Crippen molar-refractivity contribution < 1.29 is 0 Å². The van der Waals surface area contributed by atoms with Crippen LogP contribution in [-0.2, 0) is 0 Å². The van der Waals surface area contributed by atoms with Crippen molar-refractivity contribution in [2.75, 3.05) is 20.1 Å². The Hall–Kier alpha value is -0.860. The molecular formula is C17H28N2. The van der Waals surface area contributed by atoms with Gasteiger partial charge in [-0.05, 0) is 38.4 Å². The maximum Gasteiger partial charge on any atom is 0.0323 e. The number of unbranched alkanes of at least 4 members (excludes halogenated alkanes) is 1. The number of piperidine rings is 1. The van der Waals surface area contributed by atoms with Gasteiger partial charge >= 0.3 is 0 Å². The van der Waals surface area contributed by atoms with Crippen LogP contribution in [0.4, 0.5) is 0 Å². The lowest BCUT2D eigenvalue weighted by atomic mass is 9.98. The molecule has 2 atom stereocenters. The molecule has 0 spiro atoms. The summed E-state index contributed by atoms with van der Waals surface area (Å²) in [6.07, 6.45) is 6.47. The Balaban J connectivity index is 1.97. The Morgan fingerprint density at radius 3 is 2.79 bits per heavy atom. The van der Waals surface area contributed by atoms with E-state index in [9.17, 15) is 0 Å². The van der Waals surface area contributed by atoms with Gasteiger partial charge in [-0.25, -0.2) is 0 Å². The van der Waals surface area contributed by atoms with Crippen molar-refractivity contribution in [3.8, 4) is 0 Å². The zero-order valence-electron chi connectivity index (χ0n) is 12.4. The van der Waals surface area contributed by atoms with Gasteiger partial charge in [0.2, 0.25) is 0 Å². The van der Waals surface area contributed by atoms with E-state index < -0.39 is 0 Å². The van der Waals surface area contributed by atoms with Crippen molar-refractivity contribution in [2.24, 2.45) is 0 Å². The Kier molecular flexibility index (Phi) is 5.87. The van der Waals surface area contributed by atoms with E-state index in [2.05, 4.69) is 54.5 Å². The standard InChI is InChI=1S/C17H28N2/c1-3-4-12-17(15-9-6-5-7-10-15)18-16-11-8-13-19(2)14-16/h5-7,9-10,16-18H,3-4,8,11-14H2,1-2H3. The minimum Gasteiger partial charge on any atom is -0.306 e. The van der Waals surface area contributed by atoms with Crippen LogP contribution in [0.5, 0.6) is 0 Å². The number of hydrogen-bond acceptors (Lipinski definition) is 2. The molecule has 19 heavy (non-hydrogen) atoms. The van der Waals surface area contributed by atoms with Gasteiger partial charge in [0, 0.05) is 18.6 Å². The molecule has 1 aromatic rings. The number of hydrogen-bond donors (Lipinski definition) is 1. The number of likely N-dealkylation sites (tertiary alicyclic amines) is 1. The molecule has 2 unspecified atom stereocenters. The van der Waals surface area contributed by atoms with Gasteiger partial charge in [0.25, 0.3) is 0 Å². The van der Waals surface area contributed by atoms with Crippen molar-refractivity contribution in [3.05, 3.63) is 35.9 Å². The molecule has 0 bridgehead atoms. The van der Waals surface area contributed by atoms with E-state index in [4.69, 9.17) is 0 Å². The molecule has 0 aromatic heterocycles. The summed E-state index contributed by atoms with van der Waals surface area (Å²) >= 11 is 0. The van der Waals surface area contributed by atoms with Crippen LogP contribution >= 0.6 is 0 Å². The molecule has 0 amide bonds. The number of nitrogens with one attached hydrogen (secondary N) is 1. The van der Waals surface area contributed by atoms with Gasteiger partial charge in [0.05, 0.1) is 0 Å². The Labute approximate surface area is 118 Å². The van der Waals surface area contributed by atoms with Crippen LogP contribution in [0, 0.1) is 0 Å². The SMILES string of the molecule is CCCCC(NC1CCCN(C)C1)c1ccccc1. The first-order chi connectivity index (χ1) is 9.29. The molecule has 0 saturated carbocycles. The summed E-state index contributed by atoms with van der Waals surface area (Å²) in [4.78, 5) is 2.45. The van der Waals surface area contributed by atoms with Gasteiger partial charge in [0.15, 0.2) is 0 Å². The van der Waals surface area contributed by atoms with Crippen molar-refractivity contribution in [1.29, 1.82) is 0 Å². The third kappa shape index (κ3) is 4.63. The minimum absolute atomic E-state index is 0.526. The third-order valence-corrected chi connectivity index (χ3v) is 4.11. The number of nitrogens with zero attached hydrogens (tertiary/aromatic N) is 1. The van der Waals surface area contributed by atoms with Crippen LogP contribution in [0.1, 0.15) is 50.6 Å². The second kappa shape index (κ2) is 7.66. The lowest BCUT2D eigenvalue weighted by Crippen LogP contribution is -2.45. The second-order valence-electron chi connectivity index (χ2n) is 5.87. The van der Waals surface area contributed by atoms with Crippen molar-refractivity contribution in [3.63, 3.8) is 0 Å². The van der Waals surface area contributed by atoms with Crippen LogP contribution in [0.25, 0.3) is 0 Å². The van der Waals surface area contributed by atoms with Crippen LogP contribution in [0.15, 0.2) is 30.3 Å². The maximum atomic E-state index is 3.90. The van der Waals surface area contributed by atoms with E-state index in [1.165, 1.54) is 50.8 Å². The summed E-state index contributed by atoms with van der Waals surface area (Å²) in [5, 5.41) is 3.90. The molecule has 1 N–H and O–H groups in total. The summed E-state index contributed by atoms with van der Waals surface area (Å²) in [5.41, 5.74) is 1.45. The van der Waals surface area contributed by atoms with Crippen molar-refractivity contribution in [2.45, 2.75) is 51.1 Å². The van der Waals surface area contributed by atoms with Crippen LogP contribution in [-0.4, -0.2) is 31.1 Å². The van der Waals surface area contributed by atoms with Crippen molar-refractivity contribution in [1.82, 2.24) is 10.2 Å². The molecule has 1 fully saturated rings. The Bertz CT molecular complexity index is 350. The smallest absolute Gasteiger partial charge is 0.0323 e. The Morgan fingerprint density at radius 2 is 2.11 bits per heavy atom. The third-order valence-electron chi connectivity index (χ3n) is 4.11. The molecule has 1 aliphatic heterocycles. The van der Waals surface area contributed by atoms with E-state index in [-0.39, 0.29) is 0 Å². The van der Waals surface area contributed by atoms with E-state index in [0.717, 1.165) is 0 Å². The first kappa shape index (κ1) is 14.5. The summed E-state index contributed by atoms with van der Waals surface area (Å²) < 4.78 is 0. The average Bonchev–Trinajstić information content (AvgIpc) is 2.44.